The number of halogens is 3. The van der Waals surface area contributed by atoms with Crippen LogP contribution >= 0.6 is 23.5 Å². The Labute approximate surface area is 179 Å². The van der Waals surface area contributed by atoms with E-state index in [2.05, 4.69) is 4.74 Å². The molecular weight excluding hydrogens is 433 g/mol. The molecule has 0 aliphatic carbocycles. The van der Waals surface area contributed by atoms with Gasteiger partial charge in [0.15, 0.2) is 5.16 Å². The lowest BCUT2D eigenvalue weighted by Gasteiger charge is -2.17. The lowest BCUT2D eigenvalue weighted by molar-refractivity contribution is -0.274. The van der Waals surface area contributed by atoms with Gasteiger partial charge in [-0.15, -0.1) is 24.9 Å². The van der Waals surface area contributed by atoms with Crippen molar-refractivity contribution in [2.45, 2.75) is 35.0 Å². The molecule has 2 heterocycles. The van der Waals surface area contributed by atoms with Crippen molar-refractivity contribution in [3.05, 3.63) is 76.2 Å². The van der Waals surface area contributed by atoms with Crippen LogP contribution in [0.2, 0.25) is 0 Å². The molecule has 0 radical (unpaired) electrons. The van der Waals surface area contributed by atoms with Gasteiger partial charge in [0.2, 0.25) is 0 Å². The summed E-state index contributed by atoms with van der Waals surface area (Å²) in [6.07, 6.45) is -4.04. The summed E-state index contributed by atoms with van der Waals surface area (Å²) in [5.41, 5.74) is 2.11. The molecule has 156 valence electrons. The van der Waals surface area contributed by atoms with Crippen LogP contribution in [0, 0.1) is 0 Å². The fraction of sp³-hybridized carbons (Fsp3) is 0.238. The van der Waals surface area contributed by atoms with Crippen LogP contribution in [0.15, 0.2) is 69.4 Å². The molecule has 0 saturated heterocycles. The summed E-state index contributed by atoms with van der Waals surface area (Å²) < 4.78 is 42.8. The van der Waals surface area contributed by atoms with Crippen molar-refractivity contribution in [2.24, 2.45) is 0 Å². The highest BCUT2D eigenvalue weighted by molar-refractivity contribution is 7.99. The average molecular weight is 451 g/mol. The minimum Gasteiger partial charge on any atom is -0.406 e. The van der Waals surface area contributed by atoms with Crippen LogP contribution in [0.5, 0.6) is 5.75 Å². The van der Waals surface area contributed by atoms with Gasteiger partial charge >= 0.3 is 6.36 Å². The van der Waals surface area contributed by atoms with Crippen molar-refractivity contribution in [3.8, 4) is 11.4 Å². The topological polar surface area (TPSA) is 44.1 Å². The molecule has 1 unspecified atom stereocenters. The molecule has 1 atom stereocenters. The van der Waals surface area contributed by atoms with Crippen LogP contribution in [0.3, 0.4) is 0 Å². The van der Waals surface area contributed by atoms with E-state index in [1.165, 1.54) is 52.4 Å². The molecule has 1 aliphatic heterocycles. The number of aromatic nitrogens is 2. The van der Waals surface area contributed by atoms with Gasteiger partial charge in [-0.25, -0.2) is 4.98 Å². The summed E-state index contributed by atoms with van der Waals surface area (Å²) in [7, 11) is 0. The highest BCUT2D eigenvalue weighted by Gasteiger charge is 2.31. The predicted octanol–water partition coefficient (Wildman–Crippen LogP) is 5.63. The molecule has 9 heteroatoms. The predicted molar refractivity (Wildman–Crippen MR) is 112 cm³/mol. The lowest BCUT2D eigenvalue weighted by Crippen LogP contribution is -2.24. The lowest BCUT2D eigenvalue weighted by atomic mass is 10.2. The molecule has 0 spiro atoms. The second-order valence-electron chi connectivity index (χ2n) is 6.62. The zero-order valence-electron chi connectivity index (χ0n) is 15.8. The van der Waals surface area contributed by atoms with Crippen LogP contribution in [0.25, 0.3) is 5.69 Å². The van der Waals surface area contributed by atoms with Gasteiger partial charge in [0.1, 0.15) is 5.75 Å². The second-order valence-corrected chi connectivity index (χ2v) is 9.03. The van der Waals surface area contributed by atoms with E-state index < -0.39 is 6.36 Å². The Hall–Kier alpha value is -2.39. The first-order valence-electron chi connectivity index (χ1n) is 9.18. The molecule has 0 N–H and O–H groups in total. The van der Waals surface area contributed by atoms with E-state index in [1.807, 2.05) is 37.3 Å². The molecule has 3 aromatic rings. The maximum Gasteiger partial charge on any atom is 0.573 e. The molecule has 0 fully saturated rings. The summed E-state index contributed by atoms with van der Waals surface area (Å²) in [5, 5.41) is 0.548. The third kappa shape index (κ3) is 4.52. The van der Waals surface area contributed by atoms with Crippen molar-refractivity contribution in [3.63, 3.8) is 0 Å². The number of rotatable bonds is 5. The maximum absolute atomic E-state index is 13.2. The third-order valence-corrected chi connectivity index (χ3v) is 6.76. The second kappa shape index (κ2) is 8.39. The van der Waals surface area contributed by atoms with Gasteiger partial charge in [-0.05, 0) is 36.8 Å². The van der Waals surface area contributed by atoms with Crippen LogP contribution in [0.1, 0.15) is 23.4 Å². The third-order valence-electron chi connectivity index (χ3n) is 4.55. The Morgan fingerprint density at radius 1 is 1.13 bits per heavy atom. The monoisotopic (exact) mass is 450 g/mol. The van der Waals surface area contributed by atoms with Gasteiger partial charge in [-0.3, -0.25) is 9.36 Å². The van der Waals surface area contributed by atoms with E-state index in [1.54, 1.807) is 0 Å². The number of thioether (sulfide) groups is 2. The average Bonchev–Trinajstić information content (AvgIpc) is 3.17. The largest absolute Gasteiger partial charge is 0.573 e. The normalized spacial score (nSPS) is 14.4. The first kappa shape index (κ1) is 20.9. The molecular formula is C21H17F3N2O2S2. The van der Waals surface area contributed by atoms with Crippen LogP contribution in [-0.4, -0.2) is 21.7 Å². The van der Waals surface area contributed by atoms with E-state index in [4.69, 9.17) is 4.98 Å². The van der Waals surface area contributed by atoms with Crippen molar-refractivity contribution >= 4 is 23.5 Å². The van der Waals surface area contributed by atoms with E-state index >= 15 is 0 Å². The smallest absolute Gasteiger partial charge is 0.406 e. The highest BCUT2D eigenvalue weighted by Crippen LogP contribution is 2.37. The summed E-state index contributed by atoms with van der Waals surface area (Å²) in [6.45, 7) is 2.03. The van der Waals surface area contributed by atoms with E-state index in [-0.39, 0.29) is 16.6 Å². The van der Waals surface area contributed by atoms with Gasteiger partial charge in [0.25, 0.3) is 5.56 Å². The SMILES string of the molecule is CC(Sc1nc2c(c(=O)n1-c1ccc(OC(F)(F)F)cc1)SCC2)c1ccccc1. The Kier molecular flexibility index (Phi) is 5.84. The number of aryl methyl sites for hydroxylation is 1. The van der Waals surface area contributed by atoms with Gasteiger partial charge < -0.3 is 4.74 Å². The summed E-state index contributed by atoms with van der Waals surface area (Å²) in [6, 6.07) is 15.1. The first-order chi connectivity index (χ1) is 14.3. The highest BCUT2D eigenvalue weighted by atomic mass is 32.2. The molecule has 1 aliphatic rings. The van der Waals surface area contributed by atoms with Crippen LogP contribution < -0.4 is 10.3 Å². The Morgan fingerprint density at radius 2 is 1.83 bits per heavy atom. The summed E-state index contributed by atoms with van der Waals surface area (Å²) in [5.74, 6) is 0.452. The zero-order chi connectivity index (χ0) is 21.3. The van der Waals surface area contributed by atoms with Crippen molar-refractivity contribution in [2.75, 3.05) is 5.75 Å². The molecule has 4 nitrogen and oxygen atoms in total. The minimum atomic E-state index is -4.77. The number of fused-ring (bicyclic) bond motifs is 1. The molecule has 0 amide bonds. The molecule has 0 saturated carbocycles. The van der Waals surface area contributed by atoms with Crippen LogP contribution in [-0.2, 0) is 6.42 Å². The Balaban J connectivity index is 1.74. The quantitative estimate of drug-likeness (QED) is 0.372. The molecule has 30 heavy (non-hydrogen) atoms. The van der Waals surface area contributed by atoms with E-state index in [0.29, 0.717) is 15.7 Å². The van der Waals surface area contributed by atoms with Gasteiger partial charge in [0, 0.05) is 17.4 Å². The minimum absolute atomic E-state index is 0.0318. The van der Waals surface area contributed by atoms with Crippen LogP contribution in [0.4, 0.5) is 13.2 Å². The molecule has 4 rings (SSSR count). The van der Waals surface area contributed by atoms with Crippen molar-refractivity contribution in [1.29, 1.82) is 0 Å². The maximum atomic E-state index is 13.2. The number of alkyl halides is 3. The zero-order valence-corrected chi connectivity index (χ0v) is 17.5. The van der Waals surface area contributed by atoms with Gasteiger partial charge in [0.05, 0.1) is 16.3 Å². The summed E-state index contributed by atoms with van der Waals surface area (Å²) >= 11 is 2.90. The fourth-order valence-corrected chi connectivity index (χ4v) is 5.24. The number of nitrogens with zero attached hydrogens (tertiary/aromatic N) is 2. The number of ether oxygens (including phenoxy) is 1. The first-order valence-corrected chi connectivity index (χ1v) is 11.0. The van der Waals surface area contributed by atoms with Crippen molar-refractivity contribution in [1.82, 2.24) is 9.55 Å². The number of benzene rings is 2. The van der Waals surface area contributed by atoms with Crippen molar-refractivity contribution < 1.29 is 17.9 Å². The Bertz CT molecular complexity index is 1100. The standard InChI is InChI=1S/C21H17F3N2O2S2/c1-13(14-5-3-2-4-6-14)30-20-25-17-11-12-29-18(17)19(27)26(20)15-7-9-16(10-8-15)28-21(22,23)24/h2-10,13H,11-12H2,1H3. The Morgan fingerprint density at radius 3 is 2.50 bits per heavy atom. The fourth-order valence-electron chi connectivity index (χ4n) is 3.15. The molecule has 0 bridgehead atoms. The molecule has 1 aromatic heterocycles. The molecule has 2 aromatic carbocycles. The number of hydrogen-bond acceptors (Lipinski definition) is 5. The van der Waals surface area contributed by atoms with Gasteiger partial charge in [-0.1, -0.05) is 42.1 Å². The van der Waals surface area contributed by atoms with E-state index in [9.17, 15) is 18.0 Å². The number of hydrogen-bond donors (Lipinski definition) is 0. The van der Waals surface area contributed by atoms with E-state index in [0.717, 1.165) is 23.4 Å². The van der Waals surface area contributed by atoms with Gasteiger partial charge in [-0.2, -0.15) is 0 Å². The summed E-state index contributed by atoms with van der Waals surface area (Å²) in [4.78, 5) is 18.5.